The third-order valence-electron chi connectivity index (χ3n) is 8.32. The van der Waals surface area contributed by atoms with Crippen LogP contribution < -0.4 is 16.4 Å². The molecule has 1 aromatic rings. The largest absolute Gasteiger partial charge is 0.460 e. The molecule has 1 aromatic carbocycles. The lowest BCUT2D eigenvalue weighted by atomic mass is 9.86. The van der Waals surface area contributed by atoms with Gasteiger partial charge in [0.25, 0.3) is 11.8 Å². The Labute approximate surface area is 294 Å². The lowest BCUT2D eigenvalue weighted by Crippen LogP contribution is -2.49. The number of ether oxygens (including phenoxy) is 1. The van der Waals surface area contributed by atoms with Crippen LogP contribution >= 0.6 is 0 Å². The molecule has 50 heavy (non-hydrogen) atoms. The highest BCUT2D eigenvalue weighted by Crippen LogP contribution is 2.21. The first kappa shape index (κ1) is 41.5. The Hall–Kier alpha value is -4.68. The van der Waals surface area contributed by atoms with Gasteiger partial charge in [-0.25, -0.2) is 0 Å². The highest BCUT2D eigenvalue weighted by molar-refractivity contribution is 6.14. The second-order valence-electron chi connectivity index (χ2n) is 14.1. The van der Waals surface area contributed by atoms with Crippen LogP contribution in [0.4, 0.5) is 0 Å². The quantitative estimate of drug-likeness (QED) is 0.0983. The van der Waals surface area contributed by atoms with Crippen molar-refractivity contribution >= 4 is 47.1 Å². The van der Waals surface area contributed by atoms with E-state index in [0.717, 1.165) is 22.6 Å². The normalized spacial score (nSPS) is 14.7. The molecule has 0 aromatic heterocycles. The number of imide groups is 1. The molecule has 0 unspecified atom stereocenters. The summed E-state index contributed by atoms with van der Waals surface area (Å²) in [5.74, 6) is -4.94. The number of Topliss-reactive ketones (excluding diaryl/α,β-unsaturated/α-hetero) is 2. The maximum Gasteiger partial charge on any atom is 0.311 e. The summed E-state index contributed by atoms with van der Waals surface area (Å²) in [6.45, 7) is 10.3. The number of unbranched alkanes of at least 4 members (excludes halogenated alkanes) is 1. The number of nitrogens with one attached hydrogen (secondary N) is 2. The summed E-state index contributed by atoms with van der Waals surface area (Å²) < 4.78 is 5.36. The van der Waals surface area contributed by atoms with E-state index in [4.69, 9.17) is 10.5 Å². The Morgan fingerprint density at radius 3 is 1.96 bits per heavy atom. The number of amides is 5. The molecule has 0 radical (unpaired) electrons. The highest BCUT2D eigenvalue weighted by atomic mass is 16.5. The van der Waals surface area contributed by atoms with Crippen LogP contribution in [-0.4, -0.2) is 70.6 Å². The molecule has 1 aliphatic rings. The van der Waals surface area contributed by atoms with Crippen LogP contribution in [0.15, 0.2) is 36.4 Å². The van der Waals surface area contributed by atoms with E-state index >= 15 is 0 Å². The van der Waals surface area contributed by atoms with Crippen LogP contribution in [0.1, 0.15) is 97.6 Å². The van der Waals surface area contributed by atoms with Crippen molar-refractivity contribution < 1.29 is 43.1 Å². The first-order valence-electron chi connectivity index (χ1n) is 17.1. The minimum absolute atomic E-state index is 0.0102. The number of benzene rings is 1. The number of ketones is 2. The van der Waals surface area contributed by atoms with E-state index in [-0.39, 0.29) is 62.2 Å². The number of hydrogen-bond acceptors (Lipinski definition) is 9. The number of nitrogens with two attached hydrogens (primary N) is 1. The molecule has 1 heterocycles. The third kappa shape index (κ3) is 13.7. The standard InChI is InChI=1S/C37H52N4O9/c1-7-10-27(39-32(45)21-41-33(46)17-18-34(41)47)30(43)20-26(23(2)3)35(48)40-28(11-8-9-12-31(38)44)29(42)19-24-13-15-25(16-14-24)22-50-36(49)37(4,5)6/h13-18,23,26-28H,7-12,19-22H2,1-6H3,(H2,38,44)(H,39,45)(H,40,48)/t26-,27-,28-/m0/s1. The summed E-state index contributed by atoms with van der Waals surface area (Å²) in [6.07, 6.45) is 4.05. The van der Waals surface area contributed by atoms with Crippen LogP contribution in [0.2, 0.25) is 0 Å². The summed E-state index contributed by atoms with van der Waals surface area (Å²) in [5, 5.41) is 5.46. The lowest BCUT2D eigenvalue weighted by molar-refractivity contribution is -0.154. The fourth-order valence-electron chi connectivity index (χ4n) is 5.25. The van der Waals surface area contributed by atoms with Crippen molar-refractivity contribution in [1.82, 2.24) is 15.5 Å². The summed E-state index contributed by atoms with van der Waals surface area (Å²) in [6, 6.07) is 5.22. The fourth-order valence-corrected chi connectivity index (χ4v) is 5.25. The number of rotatable bonds is 21. The number of esters is 1. The second-order valence-corrected chi connectivity index (χ2v) is 14.1. The zero-order valence-electron chi connectivity index (χ0n) is 30.0. The SMILES string of the molecule is CCC[C@H](NC(=O)CN1C(=O)C=CC1=O)C(=O)C[C@H](C(=O)N[C@@H](CCCCC(N)=O)C(=O)Cc1ccc(COC(=O)C(C)(C)C)cc1)C(C)C. The number of primary amides is 1. The molecular formula is C37H52N4O9. The van der Waals surface area contributed by atoms with Gasteiger partial charge >= 0.3 is 5.97 Å². The van der Waals surface area contributed by atoms with Crippen molar-refractivity contribution in [3.8, 4) is 0 Å². The smallest absolute Gasteiger partial charge is 0.311 e. The van der Waals surface area contributed by atoms with E-state index in [2.05, 4.69) is 10.6 Å². The highest BCUT2D eigenvalue weighted by Gasteiger charge is 2.33. The molecule has 0 spiro atoms. The number of carbonyl (C=O) groups excluding carboxylic acids is 8. The molecule has 4 N–H and O–H groups in total. The average Bonchev–Trinajstić information content (AvgIpc) is 3.35. The molecule has 0 fully saturated rings. The summed E-state index contributed by atoms with van der Waals surface area (Å²) in [5.41, 5.74) is 6.10. The van der Waals surface area contributed by atoms with E-state index in [9.17, 15) is 38.4 Å². The Kier molecular flexibility index (Phi) is 16.2. The average molecular weight is 697 g/mol. The van der Waals surface area contributed by atoms with Gasteiger partial charge in [0, 0.05) is 37.3 Å². The van der Waals surface area contributed by atoms with E-state index in [1.165, 1.54) is 0 Å². The fraction of sp³-hybridized carbons (Fsp3) is 0.568. The molecule has 1 aliphatic heterocycles. The first-order chi connectivity index (χ1) is 23.4. The Bertz CT molecular complexity index is 1430. The maximum atomic E-state index is 13.7. The van der Waals surface area contributed by atoms with Gasteiger partial charge in [0.05, 0.1) is 17.5 Å². The van der Waals surface area contributed by atoms with Crippen molar-refractivity contribution in [2.45, 2.75) is 112 Å². The summed E-state index contributed by atoms with van der Waals surface area (Å²) in [4.78, 5) is 101. The molecule has 0 aliphatic carbocycles. The predicted octanol–water partition coefficient (Wildman–Crippen LogP) is 2.86. The van der Waals surface area contributed by atoms with Gasteiger partial charge in [0.15, 0.2) is 11.6 Å². The lowest BCUT2D eigenvalue weighted by Gasteiger charge is -2.26. The molecule has 13 nitrogen and oxygen atoms in total. The number of nitrogens with zero attached hydrogens (tertiary/aromatic N) is 1. The molecule has 0 saturated carbocycles. The zero-order valence-corrected chi connectivity index (χ0v) is 30.0. The van der Waals surface area contributed by atoms with E-state index < -0.39 is 59.5 Å². The summed E-state index contributed by atoms with van der Waals surface area (Å²) in [7, 11) is 0. The van der Waals surface area contributed by atoms with Gasteiger partial charge in [-0.05, 0) is 57.1 Å². The summed E-state index contributed by atoms with van der Waals surface area (Å²) >= 11 is 0. The monoisotopic (exact) mass is 696 g/mol. The third-order valence-corrected chi connectivity index (χ3v) is 8.32. The minimum Gasteiger partial charge on any atom is -0.460 e. The molecule has 3 atom stereocenters. The van der Waals surface area contributed by atoms with E-state index in [1.807, 2.05) is 6.92 Å². The van der Waals surface area contributed by atoms with Gasteiger partial charge < -0.3 is 21.1 Å². The van der Waals surface area contributed by atoms with Crippen LogP contribution in [0.3, 0.4) is 0 Å². The van der Waals surface area contributed by atoms with Crippen LogP contribution in [0.25, 0.3) is 0 Å². The molecule has 13 heteroatoms. The van der Waals surface area contributed by atoms with Crippen LogP contribution in [-0.2, 0) is 56.1 Å². The van der Waals surface area contributed by atoms with Crippen molar-refractivity contribution in [1.29, 1.82) is 0 Å². The number of hydrogen-bond donors (Lipinski definition) is 3. The molecular weight excluding hydrogens is 644 g/mol. The van der Waals surface area contributed by atoms with E-state index in [1.54, 1.807) is 58.9 Å². The van der Waals surface area contributed by atoms with Gasteiger partial charge in [0.1, 0.15) is 13.2 Å². The predicted molar refractivity (Wildman–Crippen MR) is 185 cm³/mol. The van der Waals surface area contributed by atoms with Crippen molar-refractivity contribution in [3.63, 3.8) is 0 Å². The topological polar surface area (TPSA) is 199 Å². The van der Waals surface area contributed by atoms with Gasteiger partial charge in [-0.2, -0.15) is 0 Å². The Morgan fingerprint density at radius 1 is 0.840 bits per heavy atom. The molecule has 5 amide bonds. The van der Waals surface area contributed by atoms with Crippen LogP contribution in [0, 0.1) is 17.3 Å². The zero-order chi connectivity index (χ0) is 37.6. The molecule has 0 saturated heterocycles. The molecule has 2 rings (SSSR count). The first-order valence-corrected chi connectivity index (χ1v) is 17.1. The van der Waals surface area contributed by atoms with E-state index in [0.29, 0.717) is 24.8 Å². The van der Waals surface area contributed by atoms with Crippen LogP contribution in [0.5, 0.6) is 0 Å². The van der Waals surface area contributed by atoms with Crippen molar-refractivity contribution in [3.05, 3.63) is 47.5 Å². The van der Waals surface area contributed by atoms with Gasteiger partial charge in [-0.1, -0.05) is 57.9 Å². The molecule has 0 bridgehead atoms. The van der Waals surface area contributed by atoms with Crippen molar-refractivity contribution in [2.24, 2.45) is 23.0 Å². The Morgan fingerprint density at radius 2 is 1.42 bits per heavy atom. The number of carbonyl (C=O) groups is 8. The molecule has 274 valence electrons. The minimum atomic E-state index is -0.937. The second kappa shape index (κ2) is 19.5. The Balaban J connectivity index is 2.12. The van der Waals surface area contributed by atoms with Gasteiger partial charge in [-0.3, -0.25) is 43.3 Å². The van der Waals surface area contributed by atoms with Crippen molar-refractivity contribution in [2.75, 3.05) is 6.54 Å². The maximum absolute atomic E-state index is 13.7. The van der Waals surface area contributed by atoms with Gasteiger partial charge in [-0.15, -0.1) is 0 Å². The van der Waals surface area contributed by atoms with Gasteiger partial charge in [0.2, 0.25) is 17.7 Å².